The lowest BCUT2D eigenvalue weighted by Crippen LogP contribution is -2.31. The molecule has 0 saturated heterocycles. The van der Waals surface area contributed by atoms with Crippen LogP contribution in [0.15, 0.2) is 41.5 Å². The van der Waals surface area contributed by atoms with Crippen LogP contribution >= 0.6 is 0 Å². The molecule has 1 aliphatic rings. The van der Waals surface area contributed by atoms with Crippen LogP contribution in [0.2, 0.25) is 0 Å². The highest BCUT2D eigenvalue weighted by Gasteiger charge is 2.22. The maximum absolute atomic E-state index is 12.4. The molecule has 3 aromatic rings. The molecular weight excluding hydrogens is 322 g/mol. The summed E-state index contributed by atoms with van der Waals surface area (Å²) in [6.45, 7) is 1.28. The molecule has 0 bridgehead atoms. The Hall–Kier alpha value is -3.16. The summed E-state index contributed by atoms with van der Waals surface area (Å²) in [6.07, 6.45) is 4.04. The van der Waals surface area contributed by atoms with Crippen molar-refractivity contribution < 1.29 is 9.53 Å². The van der Waals surface area contributed by atoms with Gasteiger partial charge in [0.2, 0.25) is 5.65 Å². The van der Waals surface area contributed by atoms with Gasteiger partial charge in [0.25, 0.3) is 0 Å². The molecule has 0 radical (unpaired) electrons. The fourth-order valence-electron chi connectivity index (χ4n) is 3.12. The summed E-state index contributed by atoms with van der Waals surface area (Å²) in [7, 11) is 1.28. The Morgan fingerprint density at radius 3 is 2.88 bits per heavy atom. The predicted octanol–water partition coefficient (Wildman–Crippen LogP) is 0.627. The van der Waals surface area contributed by atoms with E-state index >= 15 is 0 Å². The Kier molecular flexibility index (Phi) is 3.72. The summed E-state index contributed by atoms with van der Waals surface area (Å²) in [4.78, 5) is 30.4. The van der Waals surface area contributed by atoms with Crippen molar-refractivity contribution in [3.05, 3.63) is 58.3 Å². The zero-order valence-electron chi connectivity index (χ0n) is 13.8. The van der Waals surface area contributed by atoms with Crippen molar-refractivity contribution in [1.82, 2.24) is 19.2 Å². The number of fused-ring (bicyclic) bond motifs is 2. The molecule has 0 atom stereocenters. The third kappa shape index (κ3) is 2.65. The van der Waals surface area contributed by atoms with Crippen LogP contribution in [0.1, 0.15) is 11.1 Å². The van der Waals surface area contributed by atoms with Gasteiger partial charge in [-0.2, -0.15) is 0 Å². The number of anilines is 1. The van der Waals surface area contributed by atoms with E-state index in [9.17, 15) is 9.59 Å². The molecule has 1 aliphatic heterocycles. The highest BCUT2D eigenvalue weighted by atomic mass is 16.5. The van der Waals surface area contributed by atoms with E-state index in [-0.39, 0.29) is 12.2 Å². The number of hydrogen-bond acceptors (Lipinski definition) is 6. The fourth-order valence-corrected chi connectivity index (χ4v) is 3.12. The monoisotopic (exact) mass is 339 g/mol. The molecule has 128 valence electrons. The first kappa shape index (κ1) is 15.4. The van der Waals surface area contributed by atoms with Crippen LogP contribution in [0.3, 0.4) is 0 Å². The number of rotatable bonds is 3. The van der Waals surface area contributed by atoms with Crippen LogP contribution in [0.5, 0.6) is 0 Å². The van der Waals surface area contributed by atoms with Gasteiger partial charge in [0.1, 0.15) is 6.54 Å². The van der Waals surface area contributed by atoms with Gasteiger partial charge < -0.3 is 9.64 Å². The lowest BCUT2D eigenvalue weighted by atomic mass is 10.00. The van der Waals surface area contributed by atoms with E-state index in [0.29, 0.717) is 18.0 Å². The average Bonchev–Trinajstić information content (AvgIpc) is 2.97. The predicted molar refractivity (Wildman–Crippen MR) is 90.5 cm³/mol. The normalized spacial score (nSPS) is 13.7. The lowest BCUT2D eigenvalue weighted by Gasteiger charge is -2.29. The zero-order chi connectivity index (χ0) is 17.4. The van der Waals surface area contributed by atoms with Crippen molar-refractivity contribution in [2.24, 2.45) is 0 Å². The van der Waals surface area contributed by atoms with Gasteiger partial charge in [0, 0.05) is 25.5 Å². The van der Waals surface area contributed by atoms with E-state index < -0.39 is 5.97 Å². The second-order valence-corrected chi connectivity index (χ2v) is 5.90. The second-order valence-electron chi connectivity index (χ2n) is 5.90. The zero-order valence-corrected chi connectivity index (χ0v) is 13.8. The molecule has 0 unspecified atom stereocenters. The summed E-state index contributed by atoms with van der Waals surface area (Å²) < 4.78 is 7.13. The van der Waals surface area contributed by atoms with Crippen LogP contribution in [-0.2, 0) is 29.0 Å². The smallest absolute Gasteiger partial charge is 0.351 e. The molecule has 8 nitrogen and oxygen atoms in total. The minimum atomic E-state index is -0.521. The maximum Gasteiger partial charge on any atom is 0.351 e. The Bertz CT molecular complexity index is 1010. The Balaban J connectivity index is 1.75. The van der Waals surface area contributed by atoms with Gasteiger partial charge in [-0.15, -0.1) is 5.10 Å². The van der Waals surface area contributed by atoms with E-state index in [2.05, 4.69) is 31.9 Å². The quantitative estimate of drug-likeness (QED) is 0.651. The molecule has 3 heterocycles. The van der Waals surface area contributed by atoms with Crippen molar-refractivity contribution in [1.29, 1.82) is 0 Å². The Labute approximate surface area is 143 Å². The van der Waals surface area contributed by atoms with E-state index in [1.807, 2.05) is 12.1 Å². The summed E-state index contributed by atoms with van der Waals surface area (Å²) in [5, 5.41) is 4.29. The first-order valence-corrected chi connectivity index (χ1v) is 8.00. The van der Waals surface area contributed by atoms with Gasteiger partial charge >= 0.3 is 11.7 Å². The van der Waals surface area contributed by atoms with Crippen molar-refractivity contribution in [2.45, 2.75) is 19.5 Å². The number of benzene rings is 1. The molecule has 0 N–H and O–H groups in total. The topological polar surface area (TPSA) is 81.7 Å². The SMILES string of the molecule is COC(=O)Cn1nc2c(N3CCc4ccccc4C3)nccn2c1=O. The molecule has 0 spiro atoms. The van der Waals surface area contributed by atoms with E-state index in [1.54, 1.807) is 12.4 Å². The first-order chi connectivity index (χ1) is 12.2. The van der Waals surface area contributed by atoms with E-state index in [0.717, 1.165) is 17.6 Å². The summed E-state index contributed by atoms with van der Waals surface area (Å²) in [5.41, 5.74) is 2.63. The van der Waals surface area contributed by atoms with Gasteiger partial charge in [0.15, 0.2) is 5.82 Å². The standard InChI is InChI=1S/C17H17N5O3/c1-25-14(23)11-22-17(24)21-9-7-18-15(16(21)19-22)20-8-6-12-4-2-3-5-13(12)10-20/h2-5,7,9H,6,8,10-11H2,1H3. The number of aromatic nitrogens is 4. The molecule has 0 amide bonds. The van der Waals surface area contributed by atoms with Gasteiger partial charge in [-0.05, 0) is 17.5 Å². The fraction of sp³-hybridized carbons (Fsp3) is 0.294. The molecule has 25 heavy (non-hydrogen) atoms. The van der Waals surface area contributed by atoms with Crippen LogP contribution in [0.4, 0.5) is 5.82 Å². The molecule has 2 aromatic heterocycles. The Morgan fingerprint density at radius 1 is 1.28 bits per heavy atom. The summed E-state index contributed by atoms with van der Waals surface area (Å²) in [6, 6.07) is 8.30. The molecular formula is C17H17N5O3. The highest BCUT2D eigenvalue weighted by Crippen LogP contribution is 2.24. The van der Waals surface area contributed by atoms with Crippen molar-refractivity contribution >= 4 is 17.4 Å². The van der Waals surface area contributed by atoms with Crippen LogP contribution in [0, 0.1) is 0 Å². The number of esters is 1. The number of methoxy groups -OCH3 is 1. The van der Waals surface area contributed by atoms with E-state index in [4.69, 9.17) is 0 Å². The van der Waals surface area contributed by atoms with Gasteiger partial charge in [-0.3, -0.25) is 4.79 Å². The van der Waals surface area contributed by atoms with Gasteiger partial charge in [-0.1, -0.05) is 24.3 Å². The molecule has 0 fully saturated rings. The molecule has 4 rings (SSSR count). The van der Waals surface area contributed by atoms with Crippen LogP contribution in [0.25, 0.3) is 5.65 Å². The van der Waals surface area contributed by atoms with E-state index in [1.165, 1.54) is 22.6 Å². The minimum Gasteiger partial charge on any atom is -0.468 e. The summed E-state index contributed by atoms with van der Waals surface area (Å²) in [5.74, 6) is 0.115. The maximum atomic E-state index is 12.4. The van der Waals surface area contributed by atoms with Gasteiger partial charge in [0.05, 0.1) is 7.11 Å². The largest absolute Gasteiger partial charge is 0.468 e. The molecule has 0 aliphatic carbocycles. The minimum absolute atomic E-state index is 0.223. The first-order valence-electron chi connectivity index (χ1n) is 8.00. The van der Waals surface area contributed by atoms with Crippen molar-refractivity contribution in [2.75, 3.05) is 18.6 Å². The number of carbonyl (C=O) groups is 1. The third-order valence-corrected chi connectivity index (χ3v) is 4.42. The van der Waals surface area contributed by atoms with Crippen LogP contribution in [-0.4, -0.2) is 38.8 Å². The number of carbonyl (C=O) groups excluding carboxylic acids is 1. The number of nitrogens with zero attached hydrogens (tertiary/aromatic N) is 5. The highest BCUT2D eigenvalue weighted by molar-refractivity contribution is 5.69. The third-order valence-electron chi connectivity index (χ3n) is 4.42. The molecule has 0 saturated carbocycles. The average molecular weight is 339 g/mol. The summed E-state index contributed by atoms with van der Waals surface area (Å²) >= 11 is 0. The van der Waals surface area contributed by atoms with Crippen molar-refractivity contribution in [3.8, 4) is 0 Å². The Morgan fingerprint density at radius 2 is 2.08 bits per heavy atom. The van der Waals surface area contributed by atoms with Gasteiger partial charge in [-0.25, -0.2) is 18.9 Å². The van der Waals surface area contributed by atoms with Crippen LogP contribution < -0.4 is 10.6 Å². The molecule has 1 aromatic carbocycles. The second kappa shape index (κ2) is 6.04. The lowest BCUT2D eigenvalue weighted by molar-refractivity contribution is -0.141. The number of ether oxygens (including phenoxy) is 1. The van der Waals surface area contributed by atoms with Crippen molar-refractivity contribution in [3.63, 3.8) is 0 Å². The number of hydrogen-bond donors (Lipinski definition) is 0. The molecule has 8 heteroatoms.